The fourth-order valence-corrected chi connectivity index (χ4v) is 2.39. The zero-order chi connectivity index (χ0) is 16.8. The van der Waals surface area contributed by atoms with Crippen molar-refractivity contribution in [3.05, 3.63) is 56.9 Å². The number of amides is 1. The minimum atomic E-state index is -0.445. The Bertz CT molecular complexity index is 733. The SMILES string of the molecule is CCOc1cc(/C=N/NC(=O)c2ccc(F)cc2)cc(I)c1O. The van der Waals surface area contributed by atoms with Crippen molar-refractivity contribution in [2.24, 2.45) is 5.10 Å². The molecule has 1 amide bonds. The van der Waals surface area contributed by atoms with Gasteiger partial charge in [0.15, 0.2) is 11.5 Å². The lowest BCUT2D eigenvalue weighted by molar-refractivity contribution is 0.0955. The van der Waals surface area contributed by atoms with Crippen LogP contribution >= 0.6 is 22.6 Å². The highest BCUT2D eigenvalue weighted by molar-refractivity contribution is 14.1. The molecule has 0 aliphatic heterocycles. The molecule has 2 N–H and O–H groups in total. The van der Waals surface area contributed by atoms with Crippen molar-refractivity contribution < 1.29 is 19.0 Å². The highest BCUT2D eigenvalue weighted by Crippen LogP contribution is 2.32. The number of phenols is 1. The summed E-state index contributed by atoms with van der Waals surface area (Å²) >= 11 is 1.98. The number of ether oxygens (including phenoxy) is 1. The zero-order valence-corrected chi connectivity index (χ0v) is 14.4. The lowest BCUT2D eigenvalue weighted by Gasteiger charge is -2.08. The Morgan fingerprint density at radius 1 is 1.39 bits per heavy atom. The lowest BCUT2D eigenvalue weighted by atomic mass is 10.2. The summed E-state index contributed by atoms with van der Waals surface area (Å²) in [6.45, 7) is 2.24. The van der Waals surface area contributed by atoms with E-state index in [2.05, 4.69) is 10.5 Å². The van der Waals surface area contributed by atoms with E-state index in [-0.39, 0.29) is 5.75 Å². The Balaban J connectivity index is 2.08. The van der Waals surface area contributed by atoms with Crippen molar-refractivity contribution in [2.45, 2.75) is 6.92 Å². The molecule has 0 heterocycles. The van der Waals surface area contributed by atoms with Crippen LogP contribution in [0, 0.1) is 9.39 Å². The summed E-state index contributed by atoms with van der Waals surface area (Å²) in [4.78, 5) is 11.8. The van der Waals surface area contributed by atoms with E-state index in [0.717, 1.165) is 0 Å². The molecule has 0 fully saturated rings. The number of nitrogens with zero attached hydrogens (tertiary/aromatic N) is 1. The average Bonchev–Trinajstić information content (AvgIpc) is 2.53. The van der Waals surface area contributed by atoms with Crippen molar-refractivity contribution in [3.63, 3.8) is 0 Å². The van der Waals surface area contributed by atoms with Crippen LogP contribution in [-0.4, -0.2) is 23.8 Å². The molecule has 0 radical (unpaired) electrons. The van der Waals surface area contributed by atoms with E-state index < -0.39 is 11.7 Å². The zero-order valence-electron chi connectivity index (χ0n) is 12.2. The fraction of sp³-hybridized carbons (Fsp3) is 0.125. The predicted molar refractivity (Wildman–Crippen MR) is 93.5 cm³/mol. The number of nitrogens with one attached hydrogen (secondary N) is 1. The Kier molecular flexibility index (Phi) is 5.91. The van der Waals surface area contributed by atoms with Crippen LogP contribution in [0.25, 0.3) is 0 Å². The molecule has 2 aromatic rings. The number of phenolic OH excluding ortho intramolecular Hbond substituents is 1. The molecule has 0 bridgehead atoms. The minimum absolute atomic E-state index is 0.0694. The van der Waals surface area contributed by atoms with Gasteiger partial charge in [0.05, 0.1) is 16.4 Å². The molecule has 23 heavy (non-hydrogen) atoms. The van der Waals surface area contributed by atoms with E-state index >= 15 is 0 Å². The molecule has 0 atom stereocenters. The normalized spacial score (nSPS) is 10.7. The van der Waals surface area contributed by atoms with Gasteiger partial charge >= 0.3 is 0 Å². The van der Waals surface area contributed by atoms with Crippen molar-refractivity contribution in [1.82, 2.24) is 5.43 Å². The van der Waals surface area contributed by atoms with Gasteiger partial charge in [-0.2, -0.15) is 5.10 Å². The third-order valence-corrected chi connectivity index (χ3v) is 3.66. The largest absolute Gasteiger partial charge is 0.504 e. The monoisotopic (exact) mass is 428 g/mol. The second-order valence-electron chi connectivity index (χ2n) is 4.49. The second-order valence-corrected chi connectivity index (χ2v) is 5.65. The first-order valence-corrected chi connectivity index (χ1v) is 7.83. The molecule has 0 saturated heterocycles. The van der Waals surface area contributed by atoms with Crippen LogP contribution in [0.5, 0.6) is 11.5 Å². The first kappa shape index (κ1) is 17.2. The van der Waals surface area contributed by atoms with Gasteiger partial charge in [0.2, 0.25) is 0 Å². The Morgan fingerprint density at radius 2 is 2.09 bits per heavy atom. The number of aromatic hydroxyl groups is 1. The smallest absolute Gasteiger partial charge is 0.271 e. The van der Waals surface area contributed by atoms with Crippen LogP contribution < -0.4 is 10.2 Å². The molecular formula is C16H14FIN2O3. The number of benzene rings is 2. The second kappa shape index (κ2) is 7.91. The van der Waals surface area contributed by atoms with Crippen molar-refractivity contribution in [2.75, 3.05) is 6.61 Å². The summed E-state index contributed by atoms with van der Waals surface area (Å²) in [6, 6.07) is 8.47. The van der Waals surface area contributed by atoms with E-state index in [1.54, 1.807) is 12.1 Å². The van der Waals surface area contributed by atoms with Gasteiger partial charge in [-0.15, -0.1) is 0 Å². The van der Waals surface area contributed by atoms with E-state index in [9.17, 15) is 14.3 Å². The number of rotatable bonds is 5. The van der Waals surface area contributed by atoms with Gasteiger partial charge in [-0.1, -0.05) is 0 Å². The molecule has 0 aromatic heterocycles. The number of carbonyl (C=O) groups is 1. The Morgan fingerprint density at radius 3 is 2.74 bits per heavy atom. The van der Waals surface area contributed by atoms with Gasteiger partial charge in [0.25, 0.3) is 5.91 Å². The maximum atomic E-state index is 12.8. The predicted octanol–water partition coefficient (Wildman–Crippen LogP) is 3.30. The number of hydrogen-bond acceptors (Lipinski definition) is 4. The van der Waals surface area contributed by atoms with Crippen molar-refractivity contribution in [1.29, 1.82) is 0 Å². The molecule has 2 aromatic carbocycles. The quantitative estimate of drug-likeness (QED) is 0.436. The van der Waals surface area contributed by atoms with Gasteiger partial charge in [-0.05, 0) is 71.5 Å². The van der Waals surface area contributed by atoms with Crippen LogP contribution in [0.1, 0.15) is 22.8 Å². The summed E-state index contributed by atoms with van der Waals surface area (Å²) in [5.74, 6) is -0.433. The molecule has 7 heteroatoms. The van der Waals surface area contributed by atoms with Crippen LogP contribution in [0.4, 0.5) is 4.39 Å². The maximum absolute atomic E-state index is 12.8. The summed E-state index contributed by atoms with van der Waals surface area (Å²) in [7, 11) is 0. The molecular weight excluding hydrogens is 414 g/mol. The van der Waals surface area contributed by atoms with Crippen LogP contribution in [-0.2, 0) is 0 Å². The van der Waals surface area contributed by atoms with E-state index in [1.165, 1.54) is 30.5 Å². The van der Waals surface area contributed by atoms with Gasteiger partial charge < -0.3 is 9.84 Å². The van der Waals surface area contributed by atoms with Crippen LogP contribution in [0.2, 0.25) is 0 Å². The molecule has 5 nitrogen and oxygen atoms in total. The molecule has 120 valence electrons. The number of hydrazone groups is 1. The van der Waals surface area contributed by atoms with Gasteiger partial charge in [0.1, 0.15) is 5.82 Å². The third kappa shape index (κ3) is 4.65. The lowest BCUT2D eigenvalue weighted by Crippen LogP contribution is -2.17. The highest BCUT2D eigenvalue weighted by atomic mass is 127. The first-order valence-electron chi connectivity index (χ1n) is 6.75. The van der Waals surface area contributed by atoms with Gasteiger partial charge in [-0.25, -0.2) is 9.82 Å². The molecule has 0 aliphatic rings. The standard InChI is InChI=1S/C16H14FIN2O3/c1-2-23-14-8-10(7-13(18)15(14)21)9-19-20-16(22)11-3-5-12(17)6-4-11/h3-9,21H,2H2,1H3,(H,20,22)/b19-9+. The minimum Gasteiger partial charge on any atom is -0.504 e. The summed E-state index contributed by atoms with van der Waals surface area (Å²) < 4.78 is 18.7. The number of hydrogen-bond donors (Lipinski definition) is 2. The fourth-order valence-electron chi connectivity index (χ4n) is 1.77. The molecule has 0 aliphatic carbocycles. The average molecular weight is 428 g/mol. The molecule has 2 rings (SSSR count). The first-order chi connectivity index (χ1) is 11.0. The number of carbonyl (C=O) groups excluding carboxylic acids is 1. The summed E-state index contributed by atoms with van der Waals surface area (Å²) in [5.41, 5.74) is 3.32. The van der Waals surface area contributed by atoms with E-state index in [0.29, 0.717) is 27.1 Å². The highest BCUT2D eigenvalue weighted by Gasteiger charge is 2.08. The van der Waals surface area contributed by atoms with Crippen molar-refractivity contribution >= 4 is 34.7 Å². The Labute approximate surface area is 146 Å². The topological polar surface area (TPSA) is 70.9 Å². The molecule has 0 saturated carbocycles. The maximum Gasteiger partial charge on any atom is 0.271 e. The number of halogens is 2. The van der Waals surface area contributed by atoms with Gasteiger partial charge in [-0.3, -0.25) is 4.79 Å². The summed E-state index contributed by atoms with van der Waals surface area (Å²) in [5, 5.41) is 13.7. The van der Waals surface area contributed by atoms with E-state index in [1.807, 2.05) is 29.5 Å². The Hall–Kier alpha value is -2.16. The molecule has 0 spiro atoms. The summed E-state index contributed by atoms with van der Waals surface area (Å²) in [6.07, 6.45) is 1.44. The van der Waals surface area contributed by atoms with Crippen LogP contribution in [0.3, 0.4) is 0 Å². The van der Waals surface area contributed by atoms with E-state index in [4.69, 9.17) is 4.74 Å². The third-order valence-electron chi connectivity index (χ3n) is 2.84. The van der Waals surface area contributed by atoms with Crippen LogP contribution in [0.15, 0.2) is 41.5 Å². The molecule has 0 unspecified atom stereocenters. The van der Waals surface area contributed by atoms with Gasteiger partial charge in [0, 0.05) is 5.56 Å². The van der Waals surface area contributed by atoms with Crippen molar-refractivity contribution in [3.8, 4) is 11.5 Å².